The maximum Gasteiger partial charge on any atom is 0.161 e. The molecule has 0 amide bonds. The summed E-state index contributed by atoms with van der Waals surface area (Å²) in [5.41, 5.74) is 13.6. The molecule has 10 aromatic rings. The van der Waals surface area contributed by atoms with Gasteiger partial charge in [0, 0.05) is 22.3 Å². The van der Waals surface area contributed by atoms with Gasteiger partial charge in [0.25, 0.3) is 0 Å². The Morgan fingerprint density at radius 3 is 1.59 bits per heavy atom. The topological polar surface area (TPSA) is 49.6 Å². The Labute approximate surface area is 343 Å². The normalized spacial score (nSPS) is 12.5. The zero-order valence-corrected chi connectivity index (χ0v) is 32.0. The molecular formula is C56H35N3. The molecule has 0 saturated carbocycles. The van der Waals surface area contributed by atoms with Crippen LogP contribution in [-0.2, 0) is 5.41 Å². The quantitative estimate of drug-likeness (QED) is 0.170. The molecule has 0 N–H and O–H groups in total. The number of rotatable bonds is 6. The van der Waals surface area contributed by atoms with Crippen LogP contribution in [0.4, 0.5) is 0 Å². The van der Waals surface area contributed by atoms with Crippen molar-refractivity contribution in [1.82, 2.24) is 9.97 Å². The van der Waals surface area contributed by atoms with Crippen LogP contribution < -0.4 is 0 Å². The number of nitrogens with zero attached hydrogens (tertiary/aromatic N) is 3. The molecule has 0 atom stereocenters. The van der Waals surface area contributed by atoms with E-state index < -0.39 is 5.41 Å². The molecule has 0 spiro atoms. The first-order valence-corrected chi connectivity index (χ1v) is 20.0. The zero-order valence-electron chi connectivity index (χ0n) is 32.0. The molecule has 0 fully saturated rings. The first kappa shape index (κ1) is 34.3. The fourth-order valence-electron chi connectivity index (χ4n) is 9.48. The Hall–Kier alpha value is -7.93. The van der Waals surface area contributed by atoms with Gasteiger partial charge < -0.3 is 0 Å². The smallest absolute Gasteiger partial charge is 0.161 e. The molecule has 1 aliphatic rings. The van der Waals surface area contributed by atoms with Gasteiger partial charge in [-0.05, 0) is 78.7 Å². The van der Waals surface area contributed by atoms with Gasteiger partial charge in [0.15, 0.2) is 5.82 Å². The Balaban J connectivity index is 1.15. The largest absolute Gasteiger partial charge is 0.228 e. The third kappa shape index (κ3) is 5.42. The van der Waals surface area contributed by atoms with E-state index in [2.05, 4.69) is 206 Å². The van der Waals surface area contributed by atoms with Gasteiger partial charge in [-0.25, -0.2) is 9.97 Å². The molecule has 59 heavy (non-hydrogen) atoms. The predicted molar refractivity (Wildman–Crippen MR) is 241 cm³/mol. The number of hydrogen-bond donors (Lipinski definition) is 0. The summed E-state index contributed by atoms with van der Waals surface area (Å²) in [5.74, 6) is 0.677. The van der Waals surface area contributed by atoms with E-state index in [-0.39, 0.29) is 0 Å². The fraction of sp³-hybridized carbons (Fsp3) is 0.0179. The summed E-state index contributed by atoms with van der Waals surface area (Å²) < 4.78 is 0. The first-order chi connectivity index (χ1) is 29.2. The van der Waals surface area contributed by atoms with E-state index in [0.717, 1.165) is 94.1 Å². The minimum absolute atomic E-state index is 0.624. The van der Waals surface area contributed by atoms with E-state index in [0.29, 0.717) is 11.4 Å². The Morgan fingerprint density at radius 1 is 0.390 bits per heavy atom. The lowest BCUT2D eigenvalue weighted by atomic mass is 9.67. The molecule has 0 aliphatic heterocycles. The molecule has 274 valence electrons. The van der Waals surface area contributed by atoms with E-state index >= 15 is 0 Å². The average molecular weight is 750 g/mol. The summed E-state index contributed by atoms with van der Waals surface area (Å²) in [5, 5.41) is 15.3. The Bertz CT molecular complexity index is 3140. The molecule has 0 unspecified atom stereocenters. The first-order valence-electron chi connectivity index (χ1n) is 20.0. The van der Waals surface area contributed by atoms with Gasteiger partial charge in [-0.1, -0.05) is 194 Å². The van der Waals surface area contributed by atoms with Crippen molar-refractivity contribution in [3.63, 3.8) is 0 Å². The maximum absolute atomic E-state index is 10.7. The van der Waals surface area contributed by atoms with Crippen molar-refractivity contribution in [2.75, 3.05) is 0 Å². The number of benzene rings is 9. The molecule has 1 aromatic heterocycles. The Kier molecular flexibility index (Phi) is 8.10. The van der Waals surface area contributed by atoms with Gasteiger partial charge in [-0.3, -0.25) is 0 Å². The highest BCUT2D eigenvalue weighted by molar-refractivity contribution is 6.00. The summed E-state index contributed by atoms with van der Waals surface area (Å²) >= 11 is 0. The van der Waals surface area contributed by atoms with Crippen molar-refractivity contribution in [1.29, 1.82) is 5.26 Å². The molecule has 0 radical (unpaired) electrons. The van der Waals surface area contributed by atoms with Gasteiger partial charge in [0.05, 0.1) is 28.4 Å². The third-order valence-corrected chi connectivity index (χ3v) is 12.0. The highest BCUT2D eigenvalue weighted by Gasteiger charge is 2.47. The molecule has 3 heteroatoms. The van der Waals surface area contributed by atoms with Crippen molar-refractivity contribution in [3.05, 3.63) is 240 Å². The SMILES string of the molecule is N#Cc1cccc2c1-c1c(-c3cccc(-c4cc(-c5cccc6ccccc56)nc(-c5cccc6ccccc56)n4)c3)cccc1C2(c1ccccc1)c1ccccc1. The number of aromatic nitrogens is 2. The second kappa shape index (κ2) is 13.9. The molecule has 11 rings (SSSR count). The summed E-state index contributed by atoms with van der Waals surface area (Å²) in [6, 6.07) is 77.3. The maximum atomic E-state index is 10.7. The van der Waals surface area contributed by atoms with Crippen LogP contribution in [0.25, 0.3) is 77.7 Å². The Morgan fingerprint density at radius 2 is 0.898 bits per heavy atom. The molecule has 9 aromatic carbocycles. The number of fused-ring (bicyclic) bond motifs is 5. The third-order valence-electron chi connectivity index (χ3n) is 12.0. The lowest BCUT2D eigenvalue weighted by Crippen LogP contribution is -2.28. The highest BCUT2D eigenvalue weighted by Crippen LogP contribution is 2.59. The minimum atomic E-state index is -0.624. The van der Waals surface area contributed by atoms with E-state index in [1.165, 1.54) is 0 Å². The second-order valence-electron chi connectivity index (χ2n) is 15.1. The van der Waals surface area contributed by atoms with Crippen LogP contribution in [-0.4, -0.2) is 9.97 Å². The van der Waals surface area contributed by atoms with Crippen molar-refractivity contribution < 1.29 is 0 Å². The average Bonchev–Trinajstić information content (AvgIpc) is 3.63. The number of hydrogen-bond acceptors (Lipinski definition) is 3. The lowest BCUT2D eigenvalue weighted by Gasteiger charge is -2.34. The summed E-state index contributed by atoms with van der Waals surface area (Å²) in [6.07, 6.45) is 0. The van der Waals surface area contributed by atoms with E-state index in [4.69, 9.17) is 9.97 Å². The molecule has 1 aliphatic carbocycles. The van der Waals surface area contributed by atoms with Crippen molar-refractivity contribution >= 4 is 21.5 Å². The van der Waals surface area contributed by atoms with Crippen LogP contribution in [0.3, 0.4) is 0 Å². The summed E-state index contributed by atoms with van der Waals surface area (Å²) in [7, 11) is 0. The van der Waals surface area contributed by atoms with Crippen LogP contribution in [0.15, 0.2) is 212 Å². The lowest BCUT2D eigenvalue weighted by molar-refractivity contribution is 0.768. The van der Waals surface area contributed by atoms with Gasteiger partial charge in [0.1, 0.15) is 0 Å². The van der Waals surface area contributed by atoms with E-state index in [1.54, 1.807) is 0 Å². The monoisotopic (exact) mass is 749 g/mol. The van der Waals surface area contributed by atoms with Crippen molar-refractivity contribution in [2.45, 2.75) is 5.41 Å². The van der Waals surface area contributed by atoms with Gasteiger partial charge in [0.2, 0.25) is 0 Å². The number of nitriles is 1. The summed E-state index contributed by atoms with van der Waals surface area (Å²) in [4.78, 5) is 10.7. The van der Waals surface area contributed by atoms with Crippen LogP contribution in [0.2, 0.25) is 0 Å². The van der Waals surface area contributed by atoms with Crippen LogP contribution in [0.5, 0.6) is 0 Å². The molecule has 0 saturated heterocycles. The van der Waals surface area contributed by atoms with Crippen LogP contribution in [0.1, 0.15) is 27.8 Å². The molecule has 3 nitrogen and oxygen atoms in total. The van der Waals surface area contributed by atoms with E-state index in [1.807, 2.05) is 12.1 Å². The minimum Gasteiger partial charge on any atom is -0.228 e. The predicted octanol–water partition coefficient (Wildman–Crippen LogP) is 13.7. The van der Waals surface area contributed by atoms with Crippen molar-refractivity contribution in [3.8, 4) is 62.2 Å². The molecule has 0 bridgehead atoms. The standard InChI is InChI=1S/C56H35N3/c57-36-41-22-14-32-49-53(41)54-46(29-15-33-50(54)56(49,42-23-3-1-4-24-42)43-25-5-2-6-26-43)39-20-11-21-40(34-39)51-35-52(47-30-12-18-37-16-7-9-27-44(37)47)59-55(58-51)48-31-13-19-38-17-8-10-28-45(38)48/h1-35H. The summed E-state index contributed by atoms with van der Waals surface area (Å²) in [6.45, 7) is 0. The van der Waals surface area contributed by atoms with Gasteiger partial charge in [-0.2, -0.15) is 5.26 Å². The van der Waals surface area contributed by atoms with Crippen molar-refractivity contribution in [2.24, 2.45) is 0 Å². The van der Waals surface area contributed by atoms with Crippen LogP contribution >= 0.6 is 0 Å². The highest BCUT2D eigenvalue weighted by atomic mass is 14.9. The zero-order chi connectivity index (χ0) is 39.3. The van der Waals surface area contributed by atoms with E-state index in [9.17, 15) is 5.26 Å². The molecule has 1 heterocycles. The molecular weight excluding hydrogens is 715 g/mol. The van der Waals surface area contributed by atoms with Crippen LogP contribution in [0, 0.1) is 11.3 Å². The van der Waals surface area contributed by atoms with Gasteiger partial charge in [-0.15, -0.1) is 0 Å². The second-order valence-corrected chi connectivity index (χ2v) is 15.1. The van der Waals surface area contributed by atoms with Gasteiger partial charge >= 0.3 is 0 Å². The fourth-order valence-corrected chi connectivity index (χ4v) is 9.48.